The first kappa shape index (κ1) is 15.3. The maximum absolute atomic E-state index is 5.99. The molecule has 1 rings (SSSR count). The molecule has 0 bridgehead atoms. The van der Waals surface area contributed by atoms with Crippen LogP contribution in [0.25, 0.3) is 0 Å². The zero-order valence-corrected chi connectivity index (χ0v) is 12.8. The van der Waals surface area contributed by atoms with Crippen LogP contribution in [0.2, 0.25) is 5.02 Å². The SMILES string of the molecule is CNC(CCC(C)(C)C)c1ccc(Cl)cc1OC. The average molecular weight is 270 g/mol. The number of ether oxygens (including phenoxy) is 1. The van der Waals surface area contributed by atoms with Crippen molar-refractivity contribution in [3.63, 3.8) is 0 Å². The van der Waals surface area contributed by atoms with Gasteiger partial charge in [0, 0.05) is 16.6 Å². The minimum absolute atomic E-state index is 0.302. The van der Waals surface area contributed by atoms with E-state index in [9.17, 15) is 0 Å². The number of halogens is 1. The summed E-state index contributed by atoms with van der Waals surface area (Å²) >= 11 is 5.99. The van der Waals surface area contributed by atoms with E-state index in [0.29, 0.717) is 16.5 Å². The van der Waals surface area contributed by atoms with Crippen LogP contribution in [0.1, 0.15) is 45.2 Å². The van der Waals surface area contributed by atoms with Crippen LogP contribution >= 0.6 is 11.6 Å². The Labute approximate surface area is 116 Å². The van der Waals surface area contributed by atoms with Crippen molar-refractivity contribution in [3.05, 3.63) is 28.8 Å². The van der Waals surface area contributed by atoms with Gasteiger partial charge in [-0.25, -0.2) is 0 Å². The standard InChI is InChI=1S/C15H24ClNO/c1-15(2,3)9-8-13(17-4)12-7-6-11(16)10-14(12)18-5/h6-7,10,13,17H,8-9H2,1-5H3. The molecular formula is C15H24ClNO. The summed E-state index contributed by atoms with van der Waals surface area (Å²) in [5.41, 5.74) is 1.52. The van der Waals surface area contributed by atoms with Gasteiger partial charge in [0.2, 0.25) is 0 Å². The Hall–Kier alpha value is -0.730. The first-order chi connectivity index (χ1) is 8.37. The number of benzene rings is 1. The molecule has 0 aliphatic rings. The molecule has 0 amide bonds. The van der Waals surface area contributed by atoms with E-state index in [1.54, 1.807) is 7.11 Å². The van der Waals surface area contributed by atoms with Gasteiger partial charge in [0.15, 0.2) is 0 Å². The lowest BCUT2D eigenvalue weighted by atomic mass is 9.87. The molecule has 2 nitrogen and oxygen atoms in total. The minimum atomic E-state index is 0.302. The maximum atomic E-state index is 5.99. The summed E-state index contributed by atoms with van der Waals surface area (Å²) in [6.07, 6.45) is 2.24. The lowest BCUT2D eigenvalue weighted by molar-refractivity contribution is 0.332. The molecule has 1 aromatic rings. The second kappa shape index (κ2) is 6.44. The third-order valence-electron chi connectivity index (χ3n) is 3.10. The maximum Gasteiger partial charge on any atom is 0.125 e. The molecule has 18 heavy (non-hydrogen) atoms. The van der Waals surface area contributed by atoms with Crippen LogP contribution in [-0.2, 0) is 0 Å². The smallest absolute Gasteiger partial charge is 0.125 e. The second-order valence-electron chi connectivity index (χ2n) is 5.83. The van der Waals surface area contributed by atoms with Gasteiger partial charge in [-0.1, -0.05) is 38.4 Å². The van der Waals surface area contributed by atoms with E-state index in [4.69, 9.17) is 16.3 Å². The minimum Gasteiger partial charge on any atom is -0.496 e. The van der Waals surface area contributed by atoms with Gasteiger partial charge in [-0.05, 0) is 37.4 Å². The van der Waals surface area contributed by atoms with E-state index in [1.165, 1.54) is 5.56 Å². The Morgan fingerprint density at radius 3 is 2.50 bits per heavy atom. The molecule has 0 saturated heterocycles. The summed E-state index contributed by atoms with van der Waals surface area (Å²) in [5.74, 6) is 0.857. The van der Waals surface area contributed by atoms with Crippen molar-refractivity contribution in [3.8, 4) is 5.75 Å². The fourth-order valence-corrected chi connectivity index (χ4v) is 2.17. The van der Waals surface area contributed by atoms with E-state index < -0.39 is 0 Å². The average Bonchev–Trinajstić information content (AvgIpc) is 2.29. The van der Waals surface area contributed by atoms with Crippen molar-refractivity contribution in [1.29, 1.82) is 0 Å². The summed E-state index contributed by atoms with van der Waals surface area (Å²) in [5, 5.41) is 4.07. The van der Waals surface area contributed by atoms with Crippen molar-refractivity contribution in [2.45, 2.75) is 39.7 Å². The molecule has 102 valence electrons. The zero-order chi connectivity index (χ0) is 13.8. The Balaban J connectivity index is 2.88. The second-order valence-corrected chi connectivity index (χ2v) is 6.26. The van der Waals surface area contributed by atoms with Crippen LogP contribution in [0.4, 0.5) is 0 Å². The van der Waals surface area contributed by atoms with E-state index in [0.717, 1.165) is 18.6 Å². The lowest BCUT2D eigenvalue weighted by Gasteiger charge is -2.24. The predicted molar refractivity (Wildman–Crippen MR) is 78.5 cm³/mol. The molecule has 0 fully saturated rings. The van der Waals surface area contributed by atoms with Crippen molar-refractivity contribution >= 4 is 11.6 Å². The monoisotopic (exact) mass is 269 g/mol. The van der Waals surface area contributed by atoms with Crippen LogP contribution < -0.4 is 10.1 Å². The quantitative estimate of drug-likeness (QED) is 0.854. The fraction of sp³-hybridized carbons (Fsp3) is 0.600. The van der Waals surface area contributed by atoms with Gasteiger partial charge in [0.05, 0.1) is 7.11 Å². The van der Waals surface area contributed by atoms with Crippen LogP contribution in [0.5, 0.6) is 5.75 Å². The fourth-order valence-electron chi connectivity index (χ4n) is 2.01. The number of hydrogen-bond donors (Lipinski definition) is 1. The van der Waals surface area contributed by atoms with E-state index in [1.807, 2.05) is 25.2 Å². The molecule has 1 atom stereocenters. The Morgan fingerprint density at radius 2 is 2.00 bits per heavy atom. The molecule has 0 aromatic heterocycles. The van der Waals surface area contributed by atoms with Crippen molar-refractivity contribution in [2.75, 3.05) is 14.2 Å². The molecule has 1 N–H and O–H groups in total. The molecule has 0 aliphatic heterocycles. The first-order valence-electron chi connectivity index (χ1n) is 6.38. The number of hydrogen-bond acceptors (Lipinski definition) is 2. The third kappa shape index (κ3) is 4.51. The summed E-state index contributed by atoms with van der Waals surface area (Å²) in [7, 11) is 3.67. The molecule has 1 aromatic carbocycles. The highest BCUT2D eigenvalue weighted by Gasteiger charge is 2.18. The molecule has 1 unspecified atom stereocenters. The van der Waals surface area contributed by atoms with Gasteiger partial charge in [0.1, 0.15) is 5.75 Å². The Bertz CT molecular complexity index is 385. The molecule has 0 aliphatic carbocycles. The number of methoxy groups -OCH3 is 1. The van der Waals surface area contributed by atoms with Crippen LogP contribution in [0.3, 0.4) is 0 Å². The molecular weight excluding hydrogens is 246 g/mol. The number of nitrogens with one attached hydrogen (secondary N) is 1. The van der Waals surface area contributed by atoms with Gasteiger partial charge in [-0.2, -0.15) is 0 Å². The molecule has 0 heterocycles. The summed E-state index contributed by atoms with van der Waals surface area (Å²) < 4.78 is 5.42. The van der Waals surface area contributed by atoms with Gasteiger partial charge in [0.25, 0.3) is 0 Å². The largest absolute Gasteiger partial charge is 0.496 e. The van der Waals surface area contributed by atoms with Crippen molar-refractivity contribution in [1.82, 2.24) is 5.32 Å². The van der Waals surface area contributed by atoms with Gasteiger partial charge >= 0.3 is 0 Å². The van der Waals surface area contributed by atoms with E-state index >= 15 is 0 Å². The van der Waals surface area contributed by atoms with Crippen LogP contribution in [-0.4, -0.2) is 14.2 Å². The summed E-state index contributed by atoms with van der Waals surface area (Å²) in [6, 6.07) is 6.14. The summed E-state index contributed by atoms with van der Waals surface area (Å²) in [4.78, 5) is 0. The van der Waals surface area contributed by atoms with Crippen LogP contribution in [0.15, 0.2) is 18.2 Å². The molecule has 3 heteroatoms. The highest BCUT2D eigenvalue weighted by atomic mass is 35.5. The lowest BCUT2D eigenvalue weighted by Crippen LogP contribution is -2.19. The third-order valence-corrected chi connectivity index (χ3v) is 3.34. The molecule has 0 spiro atoms. The normalized spacial score (nSPS) is 13.4. The Morgan fingerprint density at radius 1 is 1.33 bits per heavy atom. The first-order valence-corrected chi connectivity index (χ1v) is 6.76. The van der Waals surface area contributed by atoms with Crippen LogP contribution in [0, 0.1) is 5.41 Å². The zero-order valence-electron chi connectivity index (χ0n) is 12.0. The Kier molecular flexibility index (Phi) is 5.48. The van der Waals surface area contributed by atoms with Gasteiger partial charge < -0.3 is 10.1 Å². The van der Waals surface area contributed by atoms with Crippen molar-refractivity contribution < 1.29 is 4.74 Å². The van der Waals surface area contributed by atoms with E-state index in [2.05, 4.69) is 26.1 Å². The van der Waals surface area contributed by atoms with Crippen molar-refractivity contribution in [2.24, 2.45) is 5.41 Å². The topological polar surface area (TPSA) is 21.3 Å². The number of rotatable bonds is 5. The predicted octanol–water partition coefficient (Wildman–Crippen LogP) is 4.44. The molecule has 0 radical (unpaired) electrons. The van der Waals surface area contributed by atoms with Gasteiger partial charge in [-0.3, -0.25) is 0 Å². The molecule has 0 saturated carbocycles. The van der Waals surface area contributed by atoms with Gasteiger partial charge in [-0.15, -0.1) is 0 Å². The summed E-state index contributed by atoms with van der Waals surface area (Å²) in [6.45, 7) is 6.79. The van der Waals surface area contributed by atoms with E-state index in [-0.39, 0.29) is 0 Å². The highest BCUT2D eigenvalue weighted by molar-refractivity contribution is 6.30. The highest BCUT2D eigenvalue weighted by Crippen LogP contribution is 2.33.